The van der Waals surface area contributed by atoms with E-state index in [2.05, 4.69) is 147 Å². The Morgan fingerprint density at radius 2 is 0.317 bits per heavy atom. The summed E-state index contributed by atoms with van der Waals surface area (Å²) in [5.41, 5.74) is 12.4. The first-order valence-corrected chi connectivity index (χ1v) is 43.3. The van der Waals surface area contributed by atoms with Gasteiger partial charge in [-0.15, -0.1) is 0 Å². The average Bonchev–Trinajstić information content (AvgIpc) is 1.57. The Kier molecular flexibility index (Phi) is 24.0. The molecule has 0 radical (unpaired) electrons. The van der Waals surface area contributed by atoms with Gasteiger partial charge in [0.05, 0.1) is 80.0 Å². The van der Waals surface area contributed by atoms with Gasteiger partial charge in [-0.3, -0.25) is 0 Å². The number of fused-ring (bicyclic) bond motifs is 8. The molecule has 8 nitrogen and oxygen atoms in total. The zero-order valence-electron chi connectivity index (χ0n) is 61.7. The Labute approximate surface area is 748 Å². The van der Waals surface area contributed by atoms with Crippen LogP contribution in [0.3, 0.4) is 0 Å². The summed E-state index contributed by atoms with van der Waals surface area (Å²) >= 11 is 33.1. The predicted octanol–water partition coefficient (Wildman–Crippen LogP) is 26.2. The summed E-state index contributed by atoms with van der Waals surface area (Å²) < 4.78 is 149. The topological polar surface area (TPSA) is 100 Å². The molecule has 17 rings (SSSR count). The molecule has 0 spiro atoms. The van der Waals surface area contributed by atoms with E-state index in [0.29, 0.717) is 192 Å². The monoisotopic (exact) mass is 2110 g/mol. The van der Waals surface area contributed by atoms with Crippen LogP contribution in [-0.4, -0.2) is 19.9 Å². The third-order valence-corrected chi connectivity index (χ3v) is 29.0. The average molecular weight is 2120 g/mol. The SMILES string of the molecule is Fc1ccc(C(Oc2ccc(C3=c4[nH]c(c(Br)c4Br)=C(c4ccc(OC(c5ccc(F)cc5)c5ccc(F)cc5)cc4)c4[nH]c(c(Br)c4Br)C(c4ccc(OC(c5ccc(F)cc5)c5ccc(F)cc5)cc4)=c4[nH]c(c(Br)c4Br)=C(c4ccc(OC(c5ccc(F)cc5)c5ccc(F)cc5)cc4)c4[nH]c3c(Br)c4Br)cc2)c2ccc(F)cc2)cc1. The molecule has 0 unspecified atom stereocenters. The standard InChI is InChI=1S/C96H56Br8F8N4O4/c97-77-79(99)87-74(50-19-43-70(44-20-50)118-94(55-5-29-63(107)30-6-55)56-7-31-64(108)32-8-56)89-81(101)83(103)91(115-89)76(52-23-47-72(48-24-52)120-96(59-13-37-67(111)38-14-59)60-15-39-68(112)40-16-60)92-84(104)82(102)90(116-92)75(51-21-45-71(46-22-51)119-95(57-9-33-65(109)34-10-57)58-11-35-66(110)36-12-58)88-80(100)78(98)86(114-88)73(85(77)113-87)49-17-41-69(42-18-49)117-93(53-1-25-61(105)26-2-53)54-3-27-62(106)28-4-54/h1-48,93-96,113-116H. The fourth-order valence-electron chi connectivity index (χ4n) is 14.6. The van der Waals surface area contributed by atoms with Gasteiger partial charge in [0, 0.05) is 22.3 Å². The van der Waals surface area contributed by atoms with Crippen LogP contribution >= 0.6 is 127 Å². The van der Waals surface area contributed by atoms with Crippen molar-refractivity contribution in [2.24, 2.45) is 0 Å². The number of nitrogens with one attached hydrogen (secondary N) is 4. The summed E-state index contributed by atoms with van der Waals surface area (Å²) in [6.07, 6.45) is -3.17. The first-order chi connectivity index (χ1) is 58.0. The van der Waals surface area contributed by atoms with Crippen molar-refractivity contribution in [3.63, 3.8) is 0 Å². The molecule has 5 heterocycles. The Hall–Kier alpha value is -10.3. The van der Waals surface area contributed by atoms with Gasteiger partial charge in [-0.2, -0.15) is 0 Å². The number of aromatic amines is 4. The second-order valence-electron chi connectivity index (χ2n) is 28.0. The summed E-state index contributed by atoms with van der Waals surface area (Å²) in [5.74, 6) is -1.79. The minimum absolute atomic E-state index is 0.425. The molecule has 0 saturated heterocycles. The van der Waals surface area contributed by atoms with Crippen LogP contribution in [0.15, 0.2) is 327 Å². The fraction of sp³-hybridized carbons (Fsp3) is 0.0417. The molecule has 16 aromatic rings. The highest BCUT2D eigenvalue weighted by molar-refractivity contribution is 9.14. The Morgan fingerprint density at radius 1 is 0.175 bits per heavy atom. The molecule has 0 aliphatic carbocycles. The lowest BCUT2D eigenvalue weighted by molar-refractivity contribution is 0.247. The summed E-state index contributed by atoms with van der Waals surface area (Å²) in [7, 11) is 0. The summed E-state index contributed by atoms with van der Waals surface area (Å²) in [6.45, 7) is 0. The maximum absolute atomic E-state index is 14.6. The van der Waals surface area contributed by atoms with Gasteiger partial charge in [-0.1, -0.05) is 146 Å². The molecule has 120 heavy (non-hydrogen) atoms. The molecule has 1 aliphatic heterocycles. The maximum atomic E-state index is 14.6. The molecule has 596 valence electrons. The Morgan fingerprint density at radius 3 is 0.458 bits per heavy atom. The van der Waals surface area contributed by atoms with E-state index in [4.69, 9.17) is 18.9 Å². The van der Waals surface area contributed by atoms with Crippen LogP contribution in [0.1, 0.15) is 114 Å². The zero-order chi connectivity index (χ0) is 83.3. The van der Waals surface area contributed by atoms with Crippen molar-refractivity contribution >= 4 is 150 Å². The molecular formula is C96H56Br8F8N4O4. The van der Waals surface area contributed by atoms with Crippen LogP contribution in [-0.2, 0) is 0 Å². The highest BCUT2D eigenvalue weighted by Crippen LogP contribution is 2.46. The number of hydrogen-bond donors (Lipinski definition) is 4. The minimum Gasteiger partial charge on any atom is -0.481 e. The van der Waals surface area contributed by atoms with Gasteiger partial charge >= 0.3 is 0 Å². The third kappa shape index (κ3) is 16.9. The number of aromatic nitrogens is 4. The second-order valence-corrected chi connectivity index (χ2v) is 34.4. The van der Waals surface area contributed by atoms with Crippen LogP contribution in [0.2, 0.25) is 0 Å². The van der Waals surface area contributed by atoms with E-state index in [9.17, 15) is 35.1 Å². The maximum Gasteiger partial charge on any atom is 0.149 e. The van der Waals surface area contributed by atoms with Gasteiger partial charge < -0.3 is 38.9 Å². The lowest BCUT2D eigenvalue weighted by Gasteiger charge is -2.21. The summed E-state index contributed by atoms with van der Waals surface area (Å²) in [5, 5.41) is 2.27. The van der Waals surface area contributed by atoms with E-state index in [0.717, 1.165) is 0 Å². The van der Waals surface area contributed by atoms with Crippen molar-refractivity contribution in [2.45, 2.75) is 24.4 Å². The fourth-order valence-corrected chi connectivity index (χ4v) is 18.6. The molecule has 0 saturated carbocycles. The first kappa shape index (κ1) is 82.1. The van der Waals surface area contributed by atoms with Crippen LogP contribution in [0.4, 0.5) is 35.1 Å². The van der Waals surface area contributed by atoms with Crippen LogP contribution in [0.25, 0.3) is 22.3 Å². The van der Waals surface area contributed by atoms with E-state index in [1.165, 1.54) is 97.1 Å². The molecule has 12 aromatic carbocycles. The van der Waals surface area contributed by atoms with Crippen molar-refractivity contribution in [1.29, 1.82) is 0 Å². The van der Waals surface area contributed by atoms with Crippen molar-refractivity contribution in [3.8, 4) is 23.0 Å². The normalized spacial score (nSPS) is 12.2. The van der Waals surface area contributed by atoms with Gasteiger partial charge in [0.2, 0.25) is 0 Å². The van der Waals surface area contributed by atoms with E-state index >= 15 is 0 Å². The highest BCUT2D eigenvalue weighted by Gasteiger charge is 2.32. The molecule has 4 aromatic heterocycles. The molecule has 1 aliphatic rings. The lowest BCUT2D eigenvalue weighted by atomic mass is 10.0. The third-order valence-electron chi connectivity index (χ3n) is 20.5. The van der Waals surface area contributed by atoms with Gasteiger partial charge in [0.25, 0.3) is 0 Å². The van der Waals surface area contributed by atoms with Crippen molar-refractivity contribution in [1.82, 2.24) is 19.9 Å². The van der Waals surface area contributed by atoms with Gasteiger partial charge in [0.1, 0.15) is 94.0 Å². The van der Waals surface area contributed by atoms with E-state index in [-0.39, 0.29) is 0 Å². The Balaban J connectivity index is 0.906. The van der Waals surface area contributed by atoms with E-state index in [1.54, 1.807) is 97.1 Å². The number of halogens is 16. The number of rotatable bonds is 20. The molecule has 0 atom stereocenters. The van der Waals surface area contributed by atoms with Crippen LogP contribution < -0.4 is 40.3 Å². The number of hydrogen-bond acceptors (Lipinski definition) is 4. The van der Waals surface area contributed by atoms with Crippen LogP contribution in [0.5, 0.6) is 23.0 Å². The van der Waals surface area contributed by atoms with Gasteiger partial charge in [-0.25, -0.2) is 35.1 Å². The molecule has 0 fully saturated rings. The largest absolute Gasteiger partial charge is 0.481 e. The van der Waals surface area contributed by atoms with Crippen molar-refractivity contribution in [2.75, 3.05) is 0 Å². The second kappa shape index (κ2) is 35.0. The van der Waals surface area contributed by atoms with E-state index in [1.807, 2.05) is 97.1 Å². The number of ether oxygens (including phenoxy) is 4. The number of H-pyrrole nitrogens is 4. The summed E-state index contributed by atoms with van der Waals surface area (Å²) in [6, 6.07) is 77.6. The van der Waals surface area contributed by atoms with Crippen molar-refractivity contribution in [3.05, 3.63) is 484 Å². The van der Waals surface area contributed by atoms with E-state index < -0.39 is 71.0 Å². The van der Waals surface area contributed by atoms with Crippen molar-refractivity contribution < 1.29 is 54.1 Å². The zero-order valence-corrected chi connectivity index (χ0v) is 74.4. The highest BCUT2D eigenvalue weighted by atomic mass is 79.9. The first-order valence-electron chi connectivity index (χ1n) is 36.9. The Bertz CT molecular complexity index is 5800. The molecule has 24 heteroatoms. The van der Waals surface area contributed by atoms with Crippen LogP contribution in [0, 0.1) is 46.5 Å². The quantitative estimate of drug-likeness (QED) is 0.0571. The smallest absolute Gasteiger partial charge is 0.149 e. The van der Waals surface area contributed by atoms with Gasteiger partial charge in [0.15, 0.2) is 0 Å². The van der Waals surface area contributed by atoms with Gasteiger partial charge in [-0.05, 0) is 340 Å². The lowest BCUT2D eigenvalue weighted by Crippen LogP contribution is -2.20. The molecule has 4 N–H and O–H groups in total. The molecule has 0 amide bonds. The minimum atomic E-state index is -0.793. The summed E-state index contributed by atoms with van der Waals surface area (Å²) in [4.78, 5) is 15.7. The predicted molar refractivity (Wildman–Crippen MR) is 477 cm³/mol. The number of benzene rings is 12. The molecule has 8 bridgehead atoms. The molecular weight excluding hydrogens is 2060 g/mol.